The molecule has 0 amide bonds. The maximum Gasteiger partial charge on any atom is 0.193 e. The molecule has 1 heteroatoms. The van der Waals surface area contributed by atoms with Gasteiger partial charge in [-0.05, 0) is 23.7 Å². The van der Waals surface area contributed by atoms with Crippen LogP contribution in [0, 0.1) is 0 Å². The summed E-state index contributed by atoms with van der Waals surface area (Å²) in [4.78, 5) is 0. The first-order valence-electron chi connectivity index (χ1n) is 9.97. The molecule has 2 aromatic rings. The molecule has 0 fully saturated rings. The summed E-state index contributed by atoms with van der Waals surface area (Å²) in [6.45, 7) is 18.6. The molecule has 25 heavy (non-hydrogen) atoms. The van der Waals surface area contributed by atoms with Crippen LogP contribution in [0.1, 0.15) is 101 Å². The average Bonchev–Trinajstić information content (AvgIpc) is 2.54. The Hall–Kier alpha value is -1.50. The second-order valence-corrected chi connectivity index (χ2v) is 8.63. The van der Waals surface area contributed by atoms with Crippen molar-refractivity contribution >= 4 is 18.2 Å². The number of benzene rings is 2. The maximum atomic E-state index is 2.33. The summed E-state index contributed by atoms with van der Waals surface area (Å²) in [7, 11) is 1.06. The van der Waals surface area contributed by atoms with E-state index in [9.17, 15) is 0 Å². The van der Waals surface area contributed by atoms with Crippen LogP contribution in [0.15, 0.2) is 36.4 Å². The van der Waals surface area contributed by atoms with Crippen LogP contribution in [-0.4, -0.2) is 7.28 Å². The lowest BCUT2D eigenvalue weighted by Crippen LogP contribution is -2.38. The molecule has 0 nitrogen and oxygen atoms in total. The van der Waals surface area contributed by atoms with Crippen LogP contribution >= 0.6 is 0 Å². The standard InChI is InChI=1S/C24H35B/c1-15(2)19-11-9-12-20(16(3)4)23(19)25-24-21(17(5)6)13-10-14-22(24)18(7)8/h9-18,25H,1-8H3. The van der Waals surface area contributed by atoms with E-state index in [1.54, 1.807) is 10.9 Å². The lowest BCUT2D eigenvalue weighted by Gasteiger charge is -2.24. The van der Waals surface area contributed by atoms with E-state index in [0.29, 0.717) is 23.7 Å². The van der Waals surface area contributed by atoms with Crippen molar-refractivity contribution < 1.29 is 0 Å². The van der Waals surface area contributed by atoms with E-state index in [0.717, 1.165) is 7.28 Å². The predicted molar refractivity (Wildman–Crippen MR) is 116 cm³/mol. The van der Waals surface area contributed by atoms with Crippen LogP contribution < -0.4 is 10.9 Å². The van der Waals surface area contributed by atoms with Gasteiger partial charge in [-0.1, -0.05) is 125 Å². The second kappa shape index (κ2) is 8.26. The van der Waals surface area contributed by atoms with E-state index in [-0.39, 0.29) is 0 Å². The fourth-order valence-electron chi connectivity index (χ4n) is 4.00. The van der Waals surface area contributed by atoms with Gasteiger partial charge in [0.15, 0.2) is 7.28 Å². The highest BCUT2D eigenvalue weighted by Gasteiger charge is 2.20. The summed E-state index contributed by atoms with van der Waals surface area (Å²) in [6, 6.07) is 13.8. The minimum Gasteiger partial charge on any atom is -0.0717 e. The molecule has 0 atom stereocenters. The number of hydrogen-bond acceptors (Lipinski definition) is 0. The van der Waals surface area contributed by atoms with Gasteiger partial charge in [-0.15, -0.1) is 0 Å². The first kappa shape index (κ1) is 19.8. The predicted octanol–water partition coefficient (Wildman–Crippen LogP) is 5.57. The van der Waals surface area contributed by atoms with Crippen molar-refractivity contribution in [2.45, 2.75) is 79.1 Å². The van der Waals surface area contributed by atoms with Gasteiger partial charge < -0.3 is 0 Å². The van der Waals surface area contributed by atoms with Crippen LogP contribution in [0.25, 0.3) is 0 Å². The number of hydrogen-bond donors (Lipinski definition) is 0. The molecule has 0 heterocycles. The van der Waals surface area contributed by atoms with Gasteiger partial charge in [-0.2, -0.15) is 0 Å². The smallest absolute Gasteiger partial charge is 0.0717 e. The molecule has 0 aliphatic rings. The van der Waals surface area contributed by atoms with Gasteiger partial charge in [0, 0.05) is 0 Å². The molecule has 0 saturated carbocycles. The lowest BCUT2D eigenvalue weighted by atomic mass is 9.55. The van der Waals surface area contributed by atoms with E-state index in [1.807, 2.05) is 0 Å². The van der Waals surface area contributed by atoms with Crippen molar-refractivity contribution in [1.82, 2.24) is 0 Å². The van der Waals surface area contributed by atoms with Gasteiger partial charge >= 0.3 is 0 Å². The van der Waals surface area contributed by atoms with Crippen molar-refractivity contribution in [3.05, 3.63) is 58.7 Å². The Labute approximate surface area is 156 Å². The topological polar surface area (TPSA) is 0 Å². The monoisotopic (exact) mass is 334 g/mol. The first-order valence-corrected chi connectivity index (χ1v) is 9.97. The molecule has 0 radical (unpaired) electrons. The molecule has 0 spiro atoms. The summed E-state index contributed by atoms with van der Waals surface area (Å²) in [5.74, 6) is 2.23. The fraction of sp³-hybridized carbons (Fsp3) is 0.500. The molecule has 0 aromatic heterocycles. The van der Waals surface area contributed by atoms with Crippen LogP contribution in [0.2, 0.25) is 0 Å². The summed E-state index contributed by atoms with van der Waals surface area (Å²) in [5.41, 5.74) is 9.17. The van der Waals surface area contributed by atoms with E-state index in [1.165, 1.54) is 22.3 Å². The molecule has 134 valence electrons. The SMILES string of the molecule is CC(C)c1cccc(C(C)C)c1Bc1c(C(C)C)cccc1C(C)C. The molecule has 0 bridgehead atoms. The molecule has 0 unspecified atom stereocenters. The van der Waals surface area contributed by atoms with Crippen molar-refractivity contribution in [2.24, 2.45) is 0 Å². The molecule has 0 aliphatic carbocycles. The van der Waals surface area contributed by atoms with Crippen molar-refractivity contribution in [1.29, 1.82) is 0 Å². The molecular formula is C24H35B. The van der Waals surface area contributed by atoms with Crippen molar-refractivity contribution in [2.75, 3.05) is 0 Å². The lowest BCUT2D eigenvalue weighted by molar-refractivity contribution is 0.841. The van der Waals surface area contributed by atoms with Crippen LogP contribution in [0.3, 0.4) is 0 Å². The van der Waals surface area contributed by atoms with E-state index in [4.69, 9.17) is 0 Å². The normalized spacial score (nSPS) is 11.8. The Bertz CT molecular complexity index is 594. The highest BCUT2D eigenvalue weighted by Crippen LogP contribution is 2.22. The minimum absolute atomic E-state index is 0.558. The molecule has 0 aliphatic heterocycles. The third-order valence-electron chi connectivity index (χ3n) is 5.34. The highest BCUT2D eigenvalue weighted by atomic mass is 14.2. The Kier molecular flexibility index (Phi) is 6.55. The van der Waals surface area contributed by atoms with Crippen LogP contribution in [0.5, 0.6) is 0 Å². The Balaban J connectivity index is 2.68. The number of rotatable bonds is 6. The van der Waals surface area contributed by atoms with Crippen molar-refractivity contribution in [3.8, 4) is 0 Å². The van der Waals surface area contributed by atoms with Crippen LogP contribution in [-0.2, 0) is 0 Å². The van der Waals surface area contributed by atoms with Crippen LogP contribution in [0.4, 0.5) is 0 Å². The van der Waals surface area contributed by atoms with Gasteiger partial charge in [0.25, 0.3) is 0 Å². The zero-order valence-electron chi connectivity index (χ0n) is 17.5. The summed E-state index contributed by atoms with van der Waals surface area (Å²) in [5, 5.41) is 0. The quantitative estimate of drug-likeness (QED) is 0.606. The third-order valence-corrected chi connectivity index (χ3v) is 5.34. The Morgan fingerprint density at radius 2 is 0.720 bits per heavy atom. The summed E-state index contributed by atoms with van der Waals surface area (Å²) in [6.07, 6.45) is 0. The van der Waals surface area contributed by atoms with Gasteiger partial charge in [-0.25, -0.2) is 0 Å². The highest BCUT2D eigenvalue weighted by molar-refractivity contribution is 6.69. The Morgan fingerprint density at radius 1 is 0.480 bits per heavy atom. The molecule has 0 saturated heterocycles. The summed E-state index contributed by atoms with van der Waals surface area (Å²) < 4.78 is 0. The molecule has 2 rings (SSSR count). The van der Waals surface area contributed by atoms with Gasteiger partial charge in [-0.3, -0.25) is 0 Å². The second-order valence-electron chi connectivity index (χ2n) is 8.63. The molecule has 2 aromatic carbocycles. The van der Waals surface area contributed by atoms with E-state index < -0.39 is 0 Å². The zero-order chi connectivity index (χ0) is 18.7. The largest absolute Gasteiger partial charge is 0.193 e. The average molecular weight is 334 g/mol. The summed E-state index contributed by atoms with van der Waals surface area (Å²) >= 11 is 0. The fourth-order valence-corrected chi connectivity index (χ4v) is 4.00. The molecular weight excluding hydrogens is 299 g/mol. The first-order chi connectivity index (χ1) is 11.7. The minimum atomic E-state index is 0.558. The zero-order valence-corrected chi connectivity index (χ0v) is 17.5. The van der Waals surface area contributed by atoms with E-state index in [2.05, 4.69) is 91.8 Å². The van der Waals surface area contributed by atoms with Gasteiger partial charge in [0.05, 0.1) is 0 Å². The van der Waals surface area contributed by atoms with Crippen molar-refractivity contribution in [3.63, 3.8) is 0 Å². The maximum absolute atomic E-state index is 2.33. The van der Waals surface area contributed by atoms with Gasteiger partial charge in [0.1, 0.15) is 0 Å². The van der Waals surface area contributed by atoms with Gasteiger partial charge in [0.2, 0.25) is 0 Å². The Morgan fingerprint density at radius 3 is 0.920 bits per heavy atom. The third kappa shape index (κ3) is 4.38. The molecule has 0 N–H and O–H groups in total. The van der Waals surface area contributed by atoms with E-state index >= 15 is 0 Å².